The van der Waals surface area contributed by atoms with E-state index < -0.39 is 0 Å². The number of H-pyrrole nitrogens is 2. The van der Waals surface area contributed by atoms with E-state index in [0.717, 1.165) is 70.8 Å². The van der Waals surface area contributed by atoms with Crippen LogP contribution >= 0.6 is 11.3 Å². The van der Waals surface area contributed by atoms with Crippen LogP contribution in [0.5, 0.6) is 0 Å². The summed E-state index contributed by atoms with van der Waals surface area (Å²) in [5.41, 5.74) is 6.90. The highest BCUT2D eigenvalue weighted by atomic mass is 32.1. The monoisotopic (exact) mass is 414 g/mol. The molecule has 5 heterocycles. The Labute approximate surface area is 177 Å². The first-order valence-corrected chi connectivity index (χ1v) is 11.2. The molecule has 30 heavy (non-hydrogen) atoms. The van der Waals surface area contributed by atoms with Gasteiger partial charge in [-0.05, 0) is 63.2 Å². The fraction of sp³-hybridized carbons (Fsp3) is 0.261. The number of fused-ring (bicyclic) bond motifs is 2. The first kappa shape index (κ1) is 17.8. The predicted molar refractivity (Wildman–Crippen MR) is 122 cm³/mol. The normalized spacial score (nSPS) is 15.4. The zero-order chi connectivity index (χ0) is 20.1. The van der Waals surface area contributed by atoms with Gasteiger partial charge >= 0.3 is 0 Å². The van der Waals surface area contributed by atoms with Crippen LogP contribution in [0.4, 0.5) is 0 Å². The molecule has 6 rings (SSSR count). The van der Waals surface area contributed by atoms with Crippen LogP contribution in [0.3, 0.4) is 0 Å². The van der Waals surface area contributed by atoms with Crippen LogP contribution < -0.4 is 5.32 Å². The summed E-state index contributed by atoms with van der Waals surface area (Å²) >= 11 is 1.79. The minimum absolute atomic E-state index is 0.503. The van der Waals surface area contributed by atoms with Gasteiger partial charge in [0.05, 0.1) is 16.6 Å². The van der Waals surface area contributed by atoms with Gasteiger partial charge in [-0.25, -0.2) is 9.97 Å². The van der Waals surface area contributed by atoms with E-state index in [4.69, 9.17) is 9.97 Å². The first-order valence-electron chi connectivity index (χ1n) is 10.4. The molecule has 0 amide bonds. The van der Waals surface area contributed by atoms with Crippen LogP contribution in [0.1, 0.15) is 29.3 Å². The number of nitrogens with one attached hydrogen (secondary N) is 3. The molecule has 0 spiro atoms. The number of hydrogen-bond acceptors (Lipinski definition) is 5. The van der Waals surface area contributed by atoms with Crippen molar-refractivity contribution in [2.24, 2.45) is 0 Å². The maximum atomic E-state index is 5.01. The Balaban J connectivity index is 1.47. The van der Waals surface area contributed by atoms with Crippen molar-refractivity contribution < 1.29 is 0 Å². The van der Waals surface area contributed by atoms with Crippen LogP contribution in [0.25, 0.3) is 44.0 Å². The molecule has 0 bridgehead atoms. The molecule has 0 saturated carbocycles. The fourth-order valence-corrected chi connectivity index (χ4v) is 5.24. The van der Waals surface area contributed by atoms with Crippen LogP contribution in [0.15, 0.2) is 42.5 Å². The average molecular weight is 415 g/mol. The minimum atomic E-state index is 0.503. The number of thiophene rings is 1. The van der Waals surface area contributed by atoms with E-state index in [2.05, 4.69) is 69.9 Å². The van der Waals surface area contributed by atoms with Gasteiger partial charge in [0.1, 0.15) is 5.52 Å². The van der Waals surface area contributed by atoms with E-state index in [9.17, 15) is 0 Å². The van der Waals surface area contributed by atoms with Crippen LogP contribution in [0.2, 0.25) is 0 Å². The topological polar surface area (TPSA) is 82.3 Å². The number of nitrogens with zero attached hydrogens (tertiary/aromatic N) is 3. The van der Waals surface area contributed by atoms with Gasteiger partial charge in [-0.1, -0.05) is 12.1 Å². The van der Waals surface area contributed by atoms with Gasteiger partial charge in [-0.3, -0.25) is 5.10 Å². The smallest absolute Gasteiger partial charge is 0.161 e. The Bertz CT molecular complexity index is 1350. The molecule has 1 saturated heterocycles. The van der Waals surface area contributed by atoms with E-state index in [1.165, 1.54) is 9.75 Å². The standard InChI is InChI=1S/C23H22N6S/c1-13-5-8-19(30-13)15-3-2-4-17-20(15)27-23(26-17)22-21-18(28-29-22)7-6-16(25-21)14-9-11-24-12-10-14/h2-8,14,24H,9-12H2,1H3,(H,26,27)(H,28,29). The summed E-state index contributed by atoms with van der Waals surface area (Å²) in [6.45, 7) is 4.24. The van der Waals surface area contributed by atoms with Gasteiger partial charge in [0, 0.05) is 26.9 Å². The Morgan fingerprint density at radius 3 is 2.67 bits per heavy atom. The summed E-state index contributed by atoms with van der Waals surface area (Å²) < 4.78 is 0. The Hall–Kier alpha value is -3.03. The van der Waals surface area contributed by atoms with Gasteiger partial charge in [0.15, 0.2) is 11.5 Å². The summed E-state index contributed by atoms with van der Waals surface area (Å²) in [6, 6.07) is 14.8. The van der Waals surface area contributed by atoms with Crippen molar-refractivity contribution in [1.82, 2.24) is 30.5 Å². The molecule has 4 aromatic heterocycles. The average Bonchev–Trinajstić information content (AvgIpc) is 3.51. The largest absolute Gasteiger partial charge is 0.336 e. The molecule has 1 fully saturated rings. The molecule has 0 radical (unpaired) electrons. The summed E-state index contributed by atoms with van der Waals surface area (Å²) in [5, 5.41) is 11.1. The Morgan fingerprint density at radius 1 is 0.933 bits per heavy atom. The number of piperidine rings is 1. The van der Waals surface area contributed by atoms with Gasteiger partial charge in [0.25, 0.3) is 0 Å². The molecule has 150 valence electrons. The molecule has 0 aliphatic carbocycles. The molecule has 0 atom stereocenters. The number of benzene rings is 1. The zero-order valence-electron chi connectivity index (χ0n) is 16.7. The van der Waals surface area contributed by atoms with Crippen molar-refractivity contribution in [3.63, 3.8) is 0 Å². The molecule has 1 aliphatic heterocycles. The molecule has 3 N–H and O–H groups in total. The number of pyridine rings is 1. The van der Waals surface area contributed by atoms with Crippen LogP contribution in [0, 0.1) is 6.92 Å². The highest BCUT2D eigenvalue weighted by Gasteiger charge is 2.20. The van der Waals surface area contributed by atoms with Crippen molar-refractivity contribution in [1.29, 1.82) is 0 Å². The lowest BCUT2D eigenvalue weighted by Crippen LogP contribution is -2.27. The third-order valence-electron chi connectivity index (χ3n) is 5.93. The van der Waals surface area contributed by atoms with Gasteiger partial charge in [-0.2, -0.15) is 5.10 Å². The molecule has 1 aromatic carbocycles. The maximum absolute atomic E-state index is 5.01. The van der Waals surface area contributed by atoms with Crippen molar-refractivity contribution >= 4 is 33.4 Å². The number of hydrogen-bond donors (Lipinski definition) is 3. The number of aromatic nitrogens is 5. The molecule has 6 nitrogen and oxygen atoms in total. The van der Waals surface area contributed by atoms with E-state index >= 15 is 0 Å². The Morgan fingerprint density at radius 2 is 1.83 bits per heavy atom. The highest BCUT2D eigenvalue weighted by Crippen LogP contribution is 2.35. The van der Waals surface area contributed by atoms with E-state index in [-0.39, 0.29) is 0 Å². The van der Waals surface area contributed by atoms with Crippen molar-refractivity contribution in [3.8, 4) is 22.0 Å². The quantitative estimate of drug-likeness (QED) is 0.388. The maximum Gasteiger partial charge on any atom is 0.161 e. The number of aromatic amines is 2. The van der Waals surface area contributed by atoms with Crippen molar-refractivity contribution in [2.45, 2.75) is 25.7 Å². The highest BCUT2D eigenvalue weighted by molar-refractivity contribution is 7.15. The first-order chi connectivity index (χ1) is 14.8. The number of imidazole rings is 1. The Kier molecular flexibility index (Phi) is 4.17. The van der Waals surface area contributed by atoms with E-state index in [1.54, 1.807) is 11.3 Å². The SMILES string of the molecule is Cc1ccc(-c2cccc3[nH]c(-c4n[nH]c5ccc(C6CCNCC6)nc45)nc23)s1. The summed E-state index contributed by atoms with van der Waals surface area (Å²) in [5.74, 6) is 1.26. The number of rotatable bonds is 3. The van der Waals surface area contributed by atoms with Crippen molar-refractivity contribution in [2.75, 3.05) is 13.1 Å². The summed E-state index contributed by atoms with van der Waals surface area (Å²) in [6.07, 6.45) is 2.25. The zero-order valence-corrected chi connectivity index (χ0v) is 17.5. The second-order valence-corrected chi connectivity index (χ2v) is 9.21. The summed E-state index contributed by atoms with van der Waals surface area (Å²) in [4.78, 5) is 16.0. The molecule has 7 heteroatoms. The molecular formula is C23H22N6S. The van der Waals surface area contributed by atoms with Gasteiger partial charge in [-0.15, -0.1) is 11.3 Å². The second-order valence-electron chi connectivity index (χ2n) is 7.93. The van der Waals surface area contributed by atoms with E-state index in [0.29, 0.717) is 5.92 Å². The minimum Gasteiger partial charge on any atom is -0.336 e. The van der Waals surface area contributed by atoms with Crippen LogP contribution in [-0.2, 0) is 0 Å². The van der Waals surface area contributed by atoms with Crippen LogP contribution in [-0.4, -0.2) is 38.2 Å². The summed E-state index contributed by atoms with van der Waals surface area (Å²) in [7, 11) is 0. The van der Waals surface area contributed by atoms with Gasteiger partial charge < -0.3 is 10.3 Å². The molecule has 5 aromatic rings. The predicted octanol–water partition coefficient (Wildman–Crippen LogP) is 5.01. The lowest BCUT2D eigenvalue weighted by Gasteiger charge is -2.22. The van der Waals surface area contributed by atoms with E-state index in [1.807, 2.05) is 0 Å². The van der Waals surface area contributed by atoms with Gasteiger partial charge in [0.2, 0.25) is 0 Å². The fourth-order valence-electron chi connectivity index (χ4n) is 4.35. The molecule has 0 unspecified atom stereocenters. The second kappa shape index (κ2) is 7.04. The third kappa shape index (κ3) is 2.93. The van der Waals surface area contributed by atoms with Crippen molar-refractivity contribution in [3.05, 3.63) is 53.0 Å². The lowest BCUT2D eigenvalue weighted by molar-refractivity contribution is 0.454. The number of para-hydroxylation sites is 1. The molecule has 1 aliphatic rings. The number of aryl methyl sites for hydroxylation is 1. The lowest BCUT2D eigenvalue weighted by atomic mass is 9.94. The molecular weight excluding hydrogens is 392 g/mol. The third-order valence-corrected chi connectivity index (χ3v) is 6.96.